The van der Waals surface area contributed by atoms with Gasteiger partial charge in [0.2, 0.25) is 0 Å². The summed E-state index contributed by atoms with van der Waals surface area (Å²) in [5.74, 6) is 1.41. The molecule has 0 amide bonds. The van der Waals surface area contributed by atoms with Crippen molar-refractivity contribution in [3.63, 3.8) is 0 Å². The highest BCUT2D eigenvalue weighted by molar-refractivity contribution is 9.10. The fourth-order valence-corrected chi connectivity index (χ4v) is 3.17. The average molecular weight is 321 g/mol. The summed E-state index contributed by atoms with van der Waals surface area (Å²) in [5, 5.41) is 0. The molecule has 0 bridgehead atoms. The van der Waals surface area contributed by atoms with Crippen molar-refractivity contribution in [2.24, 2.45) is 0 Å². The molecule has 1 aromatic carbocycles. The molecule has 100 valence electrons. The number of benzene rings is 1. The minimum Gasteiger partial charge on any atom is -0.369 e. The summed E-state index contributed by atoms with van der Waals surface area (Å²) in [4.78, 5) is 9.66. The minimum atomic E-state index is 0.427. The van der Waals surface area contributed by atoms with Gasteiger partial charge in [0.05, 0.1) is 6.20 Å². The Kier molecular flexibility index (Phi) is 3.33. The smallest absolute Gasteiger partial charge is 0.197 e. The Morgan fingerprint density at radius 3 is 2.58 bits per heavy atom. The van der Waals surface area contributed by atoms with Gasteiger partial charge in [-0.1, -0.05) is 28.1 Å². The molecule has 1 aromatic heterocycles. The molecule has 0 spiro atoms. The number of imidazole rings is 1. The van der Waals surface area contributed by atoms with Crippen LogP contribution >= 0.6 is 15.9 Å². The Hall–Kier alpha value is -1.33. The maximum Gasteiger partial charge on any atom is 0.197 e. The summed E-state index contributed by atoms with van der Waals surface area (Å²) in [7, 11) is 2.16. The highest BCUT2D eigenvalue weighted by Crippen LogP contribution is 2.38. The van der Waals surface area contributed by atoms with Crippen molar-refractivity contribution >= 4 is 21.9 Å². The van der Waals surface area contributed by atoms with Crippen molar-refractivity contribution in [2.45, 2.75) is 11.8 Å². The molecule has 2 aromatic rings. The van der Waals surface area contributed by atoms with Gasteiger partial charge in [0.25, 0.3) is 0 Å². The summed E-state index contributed by atoms with van der Waals surface area (Å²) < 4.78 is 1.12. The molecule has 2 atom stereocenters. The number of likely N-dealkylation sites (N-methyl/N-ethyl adjacent to an activating group) is 1. The molecule has 3 N–H and O–H groups in total. The van der Waals surface area contributed by atoms with Gasteiger partial charge in [0.15, 0.2) is 5.95 Å². The molecule has 5 heteroatoms. The van der Waals surface area contributed by atoms with Crippen LogP contribution in [0.1, 0.15) is 23.1 Å². The maximum atomic E-state index is 5.70. The Labute approximate surface area is 121 Å². The number of anilines is 1. The van der Waals surface area contributed by atoms with E-state index in [-0.39, 0.29) is 0 Å². The van der Waals surface area contributed by atoms with E-state index in [0.717, 1.165) is 23.3 Å². The van der Waals surface area contributed by atoms with Crippen molar-refractivity contribution in [1.29, 1.82) is 0 Å². The van der Waals surface area contributed by atoms with E-state index in [1.54, 1.807) is 0 Å². The third-order valence-corrected chi connectivity index (χ3v) is 4.34. The number of hydrogen-bond acceptors (Lipinski definition) is 3. The van der Waals surface area contributed by atoms with Crippen LogP contribution in [0.4, 0.5) is 5.95 Å². The number of likely N-dealkylation sites (tertiary alicyclic amines) is 1. The van der Waals surface area contributed by atoms with Crippen LogP contribution in [-0.4, -0.2) is 35.0 Å². The van der Waals surface area contributed by atoms with Crippen LogP contribution in [-0.2, 0) is 0 Å². The number of nitrogens with zero attached hydrogens (tertiary/aromatic N) is 2. The van der Waals surface area contributed by atoms with Gasteiger partial charge in [0.1, 0.15) is 0 Å². The summed E-state index contributed by atoms with van der Waals surface area (Å²) in [6.45, 7) is 2.09. The van der Waals surface area contributed by atoms with E-state index in [1.165, 1.54) is 5.56 Å². The molecule has 19 heavy (non-hydrogen) atoms. The van der Waals surface area contributed by atoms with E-state index in [9.17, 15) is 0 Å². The highest BCUT2D eigenvalue weighted by Gasteiger charge is 2.34. The number of rotatable bonds is 2. The number of aromatic nitrogens is 2. The maximum absolute atomic E-state index is 5.70. The lowest BCUT2D eigenvalue weighted by Crippen LogP contribution is -2.13. The molecular weight excluding hydrogens is 304 g/mol. The largest absolute Gasteiger partial charge is 0.369 e. The molecule has 1 aliphatic rings. The summed E-state index contributed by atoms with van der Waals surface area (Å²) in [6, 6.07) is 8.60. The molecule has 0 radical (unpaired) electrons. The Balaban J connectivity index is 1.92. The second kappa shape index (κ2) is 4.98. The van der Waals surface area contributed by atoms with Gasteiger partial charge in [-0.2, -0.15) is 0 Å². The van der Waals surface area contributed by atoms with Crippen molar-refractivity contribution < 1.29 is 0 Å². The van der Waals surface area contributed by atoms with Crippen LogP contribution in [0.15, 0.2) is 34.9 Å². The lowest BCUT2D eigenvalue weighted by atomic mass is 9.87. The van der Waals surface area contributed by atoms with Crippen molar-refractivity contribution in [1.82, 2.24) is 14.9 Å². The first-order chi connectivity index (χ1) is 9.13. The summed E-state index contributed by atoms with van der Waals surface area (Å²) in [5.41, 5.74) is 8.20. The van der Waals surface area contributed by atoms with Crippen LogP contribution in [0.25, 0.3) is 0 Å². The molecule has 4 nitrogen and oxygen atoms in total. The first-order valence-electron chi connectivity index (χ1n) is 6.38. The monoisotopic (exact) mass is 320 g/mol. The number of halogens is 1. The average Bonchev–Trinajstić information content (AvgIpc) is 2.96. The molecule has 1 fully saturated rings. The third-order valence-electron chi connectivity index (χ3n) is 3.82. The molecule has 3 rings (SSSR count). The molecular formula is C14H17BrN4. The van der Waals surface area contributed by atoms with Crippen LogP contribution < -0.4 is 5.73 Å². The standard InChI is InChI=1S/C14H17BrN4/c1-19-7-11(9-2-4-10(15)5-3-9)12(8-19)13-6-17-14(16)18-13/h2-6,11-12H,7-8H2,1H3,(H3,16,17,18). The predicted molar refractivity (Wildman–Crippen MR) is 80.1 cm³/mol. The van der Waals surface area contributed by atoms with Crippen LogP contribution in [0, 0.1) is 0 Å². The Morgan fingerprint density at radius 1 is 1.26 bits per heavy atom. The number of nitrogens with two attached hydrogens (primary N) is 1. The summed E-state index contributed by atoms with van der Waals surface area (Å²) >= 11 is 3.49. The summed E-state index contributed by atoms with van der Waals surface area (Å²) in [6.07, 6.45) is 1.87. The van der Waals surface area contributed by atoms with Crippen molar-refractivity contribution in [3.05, 3.63) is 46.2 Å². The van der Waals surface area contributed by atoms with Crippen LogP contribution in [0.3, 0.4) is 0 Å². The predicted octanol–water partition coefficient (Wildman–Crippen LogP) is 2.57. The Morgan fingerprint density at radius 2 is 1.95 bits per heavy atom. The van der Waals surface area contributed by atoms with Crippen molar-refractivity contribution in [3.8, 4) is 0 Å². The van der Waals surface area contributed by atoms with Crippen LogP contribution in [0.5, 0.6) is 0 Å². The molecule has 0 saturated carbocycles. The van der Waals surface area contributed by atoms with E-state index >= 15 is 0 Å². The quantitative estimate of drug-likeness (QED) is 0.894. The van der Waals surface area contributed by atoms with Crippen molar-refractivity contribution in [2.75, 3.05) is 25.9 Å². The molecule has 2 unspecified atom stereocenters. The number of hydrogen-bond donors (Lipinski definition) is 2. The van der Waals surface area contributed by atoms with Gasteiger partial charge in [-0.3, -0.25) is 0 Å². The lowest BCUT2D eigenvalue weighted by molar-refractivity contribution is 0.407. The number of H-pyrrole nitrogens is 1. The van der Waals surface area contributed by atoms with Gasteiger partial charge in [-0.25, -0.2) is 4.98 Å². The molecule has 1 saturated heterocycles. The van der Waals surface area contributed by atoms with Gasteiger partial charge < -0.3 is 15.6 Å². The fraction of sp³-hybridized carbons (Fsp3) is 0.357. The van der Waals surface area contributed by atoms with Gasteiger partial charge in [0, 0.05) is 35.1 Å². The molecule has 0 aliphatic carbocycles. The van der Waals surface area contributed by atoms with Gasteiger partial charge in [-0.05, 0) is 24.7 Å². The highest BCUT2D eigenvalue weighted by atomic mass is 79.9. The van der Waals surface area contributed by atoms with Gasteiger partial charge >= 0.3 is 0 Å². The fourth-order valence-electron chi connectivity index (χ4n) is 2.90. The van der Waals surface area contributed by atoms with E-state index in [4.69, 9.17) is 5.73 Å². The first kappa shape index (κ1) is 12.7. The van der Waals surface area contributed by atoms with E-state index in [0.29, 0.717) is 17.8 Å². The van der Waals surface area contributed by atoms with E-state index in [2.05, 4.69) is 62.1 Å². The van der Waals surface area contributed by atoms with E-state index < -0.39 is 0 Å². The van der Waals surface area contributed by atoms with E-state index in [1.807, 2.05) is 6.20 Å². The first-order valence-corrected chi connectivity index (χ1v) is 7.17. The zero-order valence-electron chi connectivity index (χ0n) is 10.8. The third kappa shape index (κ3) is 2.53. The minimum absolute atomic E-state index is 0.427. The Bertz CT molecular complexity index is 563. The normalized spacial score (nSPS) is 23.9. The number of nitrogens with one attached hydrogen (secondary N) is 1. The SMILES string of the molecule is CN1CC(c2ccc(Br)cc2)C(c2cnc(N)[nH]2)C1. The second-order valence-corrected chi connectivity index (χ2v) is 6.13. The second-order valence-electron chi connectivity index (χ2n) is 5.21. The van der Waals surface area contributed by atoms with Crippen LogP contribution in [0.2, 0.25) is 0 Å². The molecule has 2 heterocycles. The zero-order chi connectivity index (χ0) is 13.4. The number of aromatic amines is 1. The topological polar surface area (TPSA) is 57.9 Å². The number of nitrogen functional groups attached to an aromatic ring is 1. The lowest BCUT2D eigenvalue weighted by Gasteiger charge is -2.17. The zero-order valence-corrected chi connectivity index (χ0v) is 12.4. The van der Waals surface area contributed by atoms with Gasteiger partial charge in [-0.15, -0.1) is 0 Å². The molecule has 1 aliphatic heterocycles.